The summed E-state index contributed by atoms with van der Waals surface area (Å²) in [5, 5.41) is 21.1. The van der Waals surface area contributed by atoms with Crippen LogP contribution < -0.4 is 0 Å². The van der Waals surface area contributed by atoms with Crippen molar-refractivity contribution in [2.75, 3.05) is 5.75 Å². The van der Waals surface area contributed by atoms with Crippen LogP contribution in [0.15, 0.2) is 24.3 Å². The maximum absolute atomic E-state index is 10.9. The second-order valence-corrected chi connectivity index (χ2v) is 6.38. The fourth-order valence-electron chi connectivity index (χ4n) is 2.05. The molecule has 1 aromatic heterocycles. The summed E-state index contributed by atoms with van der Waals surface area (Å²) in [4.78, 5) is 15.2. The number of hydrogen-bond acceptors (Lipinski definition) is 5. The van der Waals surface area contributed by atoms with Crippen molar-refractivity contribution in [1.82, 2.24) is 4.98 Å². The highest BCUT2D eigenvalue weighted by Crippen LogP contribution is 2.29. The second-order valence-electron chi connectivity index (χ2n) is 4.83. The number of halogens is 1. The second kappa shape index (κ2) is 6.75. The van der Waals surface area contributed by atoms with E-state index in [-0.39, 0.29) is 16.0 Å². The highest BCUT2D eigenvalue weighted by Gasteiger charge is 2.23. The molecule has 21 heavy (non-hydrogen) atoms. The molecule has 0 aliphatic rings. The van der Waals surface area contributed by atoms with Gasteiger partial charge in [-0.25, -0.2) is 4.98 Å². The molecule has 0 aliphatic carbocycles. The minimum absolute atomic E-state index is 0.110. The van der Waals surface area contributed by atoms with Crippen LogP contribution in [0.4, 0.5) is 0 Å². The van der Waals surface area contributed by atoms with Gasteiger partial charge in [-0.15, -0.1) is 0 Å². The van der Waals surface area contributed by atoms with Crippen molar-refractivity contribution in [2.45, 2.75) is 26.1 Å². The molecule has 4 nitrogen and oxygen atoms in total. The fraction of sp³-hybridized carbons (Fsp3) is 0.333. The Balaban J connectivity index is 2.32. The molecule has 0 saturated heterocycles. The van der Waals surface area contributed by atoms with Crippen LogP contribution in [0.2, 0.25) is 5.15 Å². The first-order chi connectivity index (χ1) is 9.90. The smallest absolute Gasteiger partial charge is 0.185 e. The van der Waals surface area contributed by atoms with Crippen molar-refractivity contribution in [3.8, 4) is 0 Å². The predicted molar refractivity (Wildman–Crippen MR) is 85.6 cm³/mol. The van der Waals surface area contributed by atoms with E-state index in [2.05, 4.69) is 4.98 Å². The van der Waals surface area contributed by atoms with Gasteiger partial charge in [-0.3, -0.25) is 4.79 Å². The van der Waals surface area contributed by atoms with Gasteiger partial charge in [0, 0.05) is 23.6 Å². The van der Waals surface area contributed by atoms with Crippen molar-refractivity contribution in [3.63, 3.8) is 0 Å². The van der Waals surface area contributed by atoms with Gasteiger partial charge in [-0.05, 0) is 18.6 Å². The standard InChI is InChI=1S/C15H16ClNO3S/c1-8-4-3-5-10-6-11(15(16)17-13(8)10)14(20)12(19)7-21-9(2)18/h3-6,12,14,19-20H,7H2,1-2H3. The quantitative estimate of drug-likeness (QED) is 0.846. The molecule has 2 unspecified atom stereocenters. The van der Waals surface area contributed by atoms with E-state index in [1.165, 1.54) is 6.92 Å². The van der Waals surface area contributed by atoms with Crippen molar-refractivity contribution in [3.05, 3.63) is 40.5 Å². The number of rotatable bonds is 4. The van der Waals surface area contributed by atoms with Crippen LogP contribution in [0, 0.1) is 6.92 Å². The lowest BCUT2D eigenvalue weighted by atomic mass is 10.0. The Morgan fingerprint density at radius 1 is 1.43 bits per heavy atom. The molecule has 2 atom stereocenters. The Bertz CT molecular complexity index is 677. The van der Waals surface area contributed by atoms with Gasteiger partial charge in [-0.1, -0.05) is 41.6 Å². The van der Waals surface area contributed by atoms with Crippen LogP contribution in [-0.4, -0.2) is 32.2 Å². The molecule has 6 heteroatoms. The number of pyridine rings is 1. The van der Waals surface area contributed by atoms with Gasteiger partial charge in [0.2, 0.25) is 0 Å². The van der Waals surface area contributed by atoms with E-state index in [9.17, 15) is 15.0 Å². The summed E-state index contributed by atoms with van der Waals surface area (Å²) in [6.45, 7) is 3.34. The van der Waals surface area contributed by atoms with Crippen LogP contribution in [0.5, 0.6) is 0 Å². The van der Waals surface area contributed by atoms with Crippen LogP contribution in [0.1, 0.15) is 24.2 Å². The van der Waals surface area contributed by atoms with Gasteiger partial charge in [0.25, 0.3) is 0 Å². The minimum Gasteiger partial charge on any atom is -0.389 e. The molecule has 112 valence electrons. The third-order valence-electron chi connectivity index (χ3n) is 3.17. The van der Waals surface area contributed by atoms with E-state index in [1.807, 2.05) is 25.1 Å². The Kier molecular flexibility index (Phi) is 5.22. The molecule has 0 bridgehead atoms. The van der Waals surface area contributed by atoms with Crippen LogP contribution in [0.3, 0.4) is 0 Å². The monoisotopic (exact) mass is 325 g/mol. The van der Waals surface area contributed by atoms with Crippen molar-refractivity contribution >= 4 is 39.4 Å². The van der Waals surface area contributed by atoms with Gasteiger partial charge in [0.15, 0.2) is 5.12 Å². The lowest BCUT2D eigenvalue weighted by molar-refractivity contribution is -0.109. The normalized spacial score (nSPS) is 14.1. The summed E-state index contributed by atoms with van der Waals surface area (Å²) in [6, 6.07) is 7.42. The highest BCUT2D eigenvalue weighted by molar-refractivity contribution is 8.13. The topological polar surface area (TPSA) is 70.4 Å². The van der Waals surface area contributed by atoms with Crippen LogP contribution in [0.25, 0.3) is 10.9 Å². The number of aliphatic hydroxyl groups is 2. The summed E-state index contributed by atoms with van der Waals surface area (Å²) in [5.41, 5.74) is 2.13. The number of para-hydroxylation sites is 1. The molecule has 0 spiro atoms. The summed E-state index contributed by atoms with van der Waals surface area (Å²) < 4.78 is 0. The average Bonchev–Trinajstić information content (AvgIpc) is 2.44. The van der Waals surface area contributed by atoms with Gasteiger partial charge >= 0.3 is 0 Å². The summed E-state index contributed by atoms with van der Waals surface area (Å²) in [6.07, 6.45) is -2.26. The number of carbonyl (C=O) groups is 1. The maximum Gasteiger partial charge on any atom is 0.185 e. The number of thioether (sulfide) groups is 1. The zero-order chi connectivity index (χ0) is 15.6. The van der Waals surface area contributed by atoms with Crippen molar-refractivity contribution in [1.29, 1.82) is 0 Å². The number of aromatic nitrogens is 1. The van der Waals surface area contributed by atoms with Crippen molar-refractivity contribution in [2.24, 2.45) is 0 Å². The molecule has 0 saturated carbocycles. The molecule has 0 aliphatic heterocycles. The molecule has 0 radical (unpaired) electrons. The first-order valence-corrected chi connectivity index (χ1v) is 7.81. The third-order valence-corrected chi connectivity index (χ3v) is 4.39. The number of fused-ring (bicyclic) bond motifs is 1. The Hall–Kier alpha value is -1.14. The molecule has 2 rings (SSSR count). The van der Waals surface area contributed by atoms with Gasteiger partial charge in [-0.2, -0.15) is 0 Å². The van der Waals surface area contributed by atoms with Gasteiger partial charge < -0.3 is 10.2 Å². The molecule has 2 aromatic rings. The molecule has 2 N–H and O–H groups in total. The van der Waals surface area contributed by atoms with Crippen LogP contribution in [-0.2, 0) is 4.79 Å². The summed E-state index contributed by atoms with van der Waals surface area (Å²) >= 11 is 7.08. The van der Waals surface area contributed by atoms with E-state index in [0.717, 1.165) is 28.2 Å². The molecular formula is C15H16ClNO3S. The van der Waals surface area contributed by atoms with Crippen LogP contribution >= 0.6 is 23.4 Å². The minimum atomic E-state index is -1.18. The Morgan fingerprint density at radius 3 is 2.81 bits per heavy atom. The van der Waals surface area contributed by atoms with E-state index in [4.69, 9.17) is 11.6 Å². The predicted octanol–water partition coefficient (Wildman–Crippen LogP) is 2.87. The van der Waals surface area contributed by atoms with Gasteiger partial charge in [0.1, 0.15) is 11.3 Å². The van der Waals surface area contributed by atoms with E-state index >= 15 is 0 Å². The SMILES string of the molecule is CC(=O)SCC(O)C(O)c1cc2cccc(C)c2nc1Cl. The number of benzene rings is 1. The van der Waals surface area contributed by atoms with E-state index in [1.54, 1.807) is 6.07 Å². The molecule has 1 heterocycles. The number of hydrogen-bond donors (Lipinski definition) is 2. The van der Waals surface area contributed by atoms with E-state index in [0.29, 0.717) is 5.56 Å². The molecule has 1 aromatic carbocycles. The molecule has 0 fully saturated rings. The largest absolute Gasteiger partial charge is 0.389 e. The summed E-state index contributed by atoms with van der Waals surface area (Å²) in [7, 11) is 0. The lowest BCUT2D eigenvalue weighted by Gasteiger charge is -2.18. The highest BCUT2D eigenvalue weighted by atomic mass is 35.5. The maximum atomic E-state index is 10.9. The van der Waals surface area contributed by atoms with E-state index < -0.39 is 12.2 Å². The first-order valence-electron chi connectivity index (χ1n) is 6.45. The third kappa shape index (κ3) is 3.74. The first kappa shape index (κ1) is 16.2. The zero-order valence-corrected chi connectivity index (χ0v) is 13.3. The van der Waals surface area contributed by atoms with Gasteiger partial charge in [0.05, 0.1) is 11.6 Å². The average molecular weight is 326 g/mol. The summed E-state index contributed by atoms with van der Waals surface area (Å²) in [5.74, 6) is 0.110. The zero-order valence-electron chi connectivity index (χ0n) is 11.7. The Labute approximate surface area is 132 Å². The molecular weight excluding hydrogens is 310 g/mol. The number of aryl methyl sites for hydroxylation is 1. The number of nitrogens with zero attached hydrogens (tertiary/aromatic N) is 1. The number of carbonyl (C=O) groups excluding carboxylic acids is 1. The van der Waals surface area contributed by atoms with Crippen molar-refractivity contribution < 1.29 is 15.0 Å². The number of aliphatic hydroxyl groups excluding tert-OH is 2. The lowest BCUT2D eigenvalue weighted by Crippen LogP contribution is -2.22. The molecule has 0 amide bonds. The Morgan fingerprint density at radius 2 is 2.14 bits per heavy atom. The fourth-order valence-corrected chi connectivity index (χ4v) is 2.89.